The van der Waals surface area contributed by atoms with E-state index in [4.69, 9.17) is 14.9 Å². The molecule has 41 heavy (non-hydrogen) atoms. The number of nitrogens with two attached hydrogens (primary N) is 1. The van der Waals surface area contributed by atoms with Crippen molar-refractivity contribution in [3.05, 3.63) is 107 Å². The number of methoxy groups -OCH3 is 1. The Bertz CT molecular complexity index is 1790. The van der Waals surface area contributed by atoms with E-state index in [1.54, 1.807) is 49.6 Å². The Morgan fingerprint density at radius 3 is 2.32 bits per heavy atom. The minimum Gasteiger partial charge on any atom is -0.496 e. The molecule has 1 saturated carbocycles. The Balaban J connectivity index is 1.44. The van der Waals surface area contributed by atoms with E-state index in [1.165, 1.54) is 19.2 Å². The van der Waals surface area contributed by atoms with Crippen molar-refractivity contribution in [1.29, 1.82) is 0 Å². The molecule has 1 aromatic heterocycles. The number of furan rings is 1. The molecule has 2 amide bonds. The van der Waals surface area contributed by atoms with Crippen LogP contribution in [0.4, 0.5) is 10.1 Å². The van der Waals surface area contributed by atoms with Gasteiger partial charge in [0.25, 0.3) is 11.8 Å². The van der Waals surface area contributed by atoms with Gasteiger partial charge < -0.3 is 25.5 Å². The summed E-state index contributed by atoms with van der Waals surface area (Å²) in [6.07, 6.45) is 1.74. The summed E-state index contributed by atoms with van der Waals surface area (Å²) in [6, 6.07) is 24.3. The third-order valence-corrected chi connectivity index (χ3v) is 7.60. The fraction of sp³-hybridized carbons (Fsp3) is 0.152. The van der Waals surface area contributed by atoms with Crippen molar-refractivity contribution < 1.29 is 23.1 Å². The Kier molecular flexibility index (Phi) is 6.46. The van der Waals surface area contributed by atoms with E-state index in [9.17, 15) is 14.0 Å². The molecule has 0 unspecified atom stereocenters. The maximum atomic E-state index is 13.6. The fourth-order valence-corrected chi connectivity index (χ4v) is 5.26. The van der Waals surface area contributed by atoms with E-state index in [1.807, 2.05) is 30.3 Å². The van der Waals surface area contributed by atoms with Crippen molar-refractivity contribution in [3.8, 4) is 28.2 Å². The molecular weight excluding hydrogens is 521 g/mol. The molecule has 0 radical (unpaired) electrons. The third kappa shape index (κ3) is 4.67. The quantitative estimate of drug-likeness (QED) is 0.207. The van der Waals surface area contributed by atoms with Gasteiger partial charge in [-0.25, -0.2) is 4.39 Å². The van der Waals surface area contributed by atoms with Crippen LogP contribution in [0.3, 0.4) is 0 Å². The summed E-state index contributed by atoms with van der Waals surface area (Å²) in [7, 11) is 3.07. The van der Waals surface area contributed by atoms with Crippen LogP contribution >= 0.6 is 0 Å². The number of anilines is 1. The average molecular weight is 550 g/mol. The predicted molar refractivity (Wildman–Crippen MR) is 156 cm³/mol. The monoisotopic (exact) mass is 549 g/mol. The summed E-state index contributed by atoms with van der Waals surface area (Å²) in [5.74, 6) is -0.158. The van der Waals surface area contributed by atoms with E-state index in [0.717, 1.165) is 18.4 Å². The SMILES string of the molecule is CNC(=O)c1c(-c2ccc(F)cc2)oc2cc(N)c(-c3cc(C(=O)NC4(c5ccccc5)CC4)ccc3OC)cc12. The lowest BCUT2D eigenvalue weighted by atomic mass is 9.96. The first-order valence-electron chi connectivity index (χ1n) is 13.2. The molecule has 0 saturated heterocycles. The van der Waals surface area contributed by atoms with Gasteiger partial charge in [-0.05, 0) is 66.9 Å². The Morgan fingerprint density at radius 2 is 1.66 bits per heavy atom. The first kappa shape index (κ1) is 26.1. The summed E-state index contributed by atoms with van der Waals surface area (Å²) in [4.78, 5) is 26.5. The largest absolute Gasteiger partial charge is 0.496 e. The number of rotatable bonds is 7. The second-order valence-corrected chi connectivity index (χ2v) is 10.1. The van der Waals surface area contributed by atoms with E-state index < -0.39 is 5.82 Å². The van der Waals surface area contributed by atoms with Crippen LogP contribution in [-0.2, 0) is 5.54 Å². The van der Waals surface area contributed by atoms with Crippen molar-refractivity contribution >= 4 is 28.5 Å². The number of carbonyl (C=O) groups is 2. The molecule has 1 fully saturated rings. The van der Waals surface area contributed by atoms with Crippen LogP contribution in [0.15, 0.2) is 89.3 Å². The highest BCUT2D eigenvalue weighted by Crippen LogP contribution is 2.46. The predicted octanol–water partition coefficient (Wildman–Crippen LogP) is 6.28. The zero-order valence-electron chi connectivity index (χ0n) is 22.6. The molecule has 6 rings (SSSR count). The summed E-state index contributed by atoms with van der Waals surface area (Å²) in [6.45, 7) is 0. The molecule has 206 valence electrons. The van der Waals surface area contributed by atoms with Gasteiger partial charge in [0.15, 0.2) is 0 Å². The number of hydrogen-bond donors (Lipinski definition) is 3. The van der Waals surface area contributed by atoms with Crippen molar-refractivity contribution in [2.45, 2.75) is 18.4 Å². The second kappa shape index (κ2) is 10.1. The molecule has 0 bridgehead atoms. The molecule has 1 aliphatic carbocycles. The number of fused-ring (bicyclic) bond motifs is 1. The maximum Gasteiger partial charge on any atom is 0.255 e. The van der Waals surface area contributed by atoms with Crippen LogP contribution in [0, 0.1) is 5.82 Å². The van der Waals surface area contributed by atoms with Gasteiger partial charge in [0.05, 0.1) is 18.2 Å². The van der Waals surface area contributed by atoms with Crippen molar-refractivity contribution in [2.75, 3.05) is 19.9 Å². The van der Waals surface area contributed by atoms with E-state index >= 15 is 0 Å². The van der Waals surface area contributed by atoms with Gasteiger partial charge >= 0.3 is 0 Å². The second-order valence-electron chi connectivity index (χ2n) is 10.1. The fourth-order valence-electron chi connectivity index (χ4n) is 5.26. The summed E-state index contributed by atoms with van der Waals surface area (Å²) >= 11 is 0. The molecule has 4 N–H and O–H groups in total. The first-order valence-corrected chi connectivity index (χ1v) is 13.2. The molecule has 7 nitrogen and oxygen atoms in total. The van der Waals surface area contributed by atoms with Crippen LogP contribution in [0.1, 0.15) is 39.1 Å². The van der Waals surface area contributed by atoms with Gasteiger partial charge in [0.1, 0.15) is 22.9 Å². The first-order chi connectivity index (χ1) is 19.8. The molecule has 0 spiro atoms. The lowest BCUT2D eigenvalue weighted by molar-refractivity contribution is 0.0929. The molecule has 4 aromatic carbocycles. The van der Waals surface area contributed by atoms with Crippen molar-refractivity contribution in [2.24, 2.45) is 0 Å². The molecule has 1 aliphatic rings. The van der Waals surface area contributed by atoms with Gasteiger partial charge in [-0.3, -0.25) is 9.59 Å². The van der Waals surface area contributed by atoms with Crippen molar-refractivity contribution in [3.63, 3.8) is 0 Å². The molecule has 0 aliphatic heterocycles. The smallest absolute Gasteiger partial charge is 0.255 e. The van der Waals surface area contributed by atoms with Crippen LogP contribution in [0.25, 0.3) is 33.4 Å². The molecule has 0 atom stereocenters. The Morgan fingerprint density at radius 1 is 0.927 bits per heavy atom. The third-order valence-electron chi connectivity index (χ3n) is 7.60. The number of halogens is 1. The number of carbonyl (C=O) groups excluding carboxylic acids is 2. The normalized spacial score (nSPS) is 13.5. The number of benzene rings is 4. The van der Waals surface area contributed by atoms with Crippen molar-refractivity contribution in [1.82, 2.24) is 10.6 Å². The van der Waals surface area contributed by atoms with Crippen LogP contribution in [0.5, 0.6) is 5.75 Å². The van der Waals surface area contributed by atoms with E-state index in [0.29, 0.717) is 56.0 Å². The van der Waals surface area contributed by atoms with E-state index in [-0.39, 0.29) is 17.4 Å². The molecule has 1 heterocycles. The van der Waals surface area contributed by atoms with Crippen LogP contribution < -0.4 is 21.1 Å². The molecule has 5 aromatic rings. The summed E-state index contributed by atoms with van der Waals surface area (Å²) in [5.41, 5.74) is 10.5. The number of amides is 2. The van der Waals surface area contributed by atoms with Crippen LogP contribution in [0.2, 0.25) is 0 Å². The average Bonchev–Trinajstić information content (AvgIpc) is 3.69. The number of ether oxygens (including phenoxy) is 1. The zero-order valence-corrected chi connectivity index (χ0v) is 22.6. The molecular formula is C33H28FN3O4. The highest BCUT2D eigenvalue weighted by Gasteiger charge is 2.45. The highest BCUT2D eigenvalue weighted by molar-refractivity contribution is 6.13. The van der Waals surface area contributed by atoms with Gasteiger partial charge in [0.2, 0.25) is 0 Å². The van der Waals surface area contributed by atoms with Gasteiger partial charge in [-0.1, -0.05) is 30.3 Å². The van der Waals surface area contributed by atoms with E-state index in [2.05, 4.69) is 10.6 Å². The summed E-state index contributed by atoms with van der Waals surface area (Å²) < 4.78 is 25.3. The Labute approximate surface area is 236 Å². The minimum atomic E-state index is -0.398. The van der Waals surface area contributed by atoms with Gasteiger partial charge in [-0.2, -0.15) is 0 Å². The summed E-state index contributed by atoms with van der Waals surface area (Å²) in [5, 5.41) is 6.39. The lowest BCUT2D eigenvalue weighted by Gasteiger charge is -2.19. The highest BCUT2D eigenvalue weighted by atomic mass is 19.1. The number of hydrogen-bond acceptors (Lipinski definition) is 5. The number of nitrogens with one attached hydrogen (secondary N) is 2. The lowest BCUT2D eigenvalue weighted by Crippen LogP contribution is -2.34. The molecule has 8 heteroatoms. The Hall–Kier alpha value is -5.11. The minimum absolute atomic E-state index is 0.206. The zero-order chi connectivity index (χ0) is 28.7. The van der Waals surface area contributed by atoms with Crippen LogP contribution in [-0.4, -0.2) is 26.0 Å². The maximum absolute atomic E-state index is 13.6. The standard InChI is InChI=1S/C33H28FN3O4/c1-36-32(39)29-25-17-23(26(35)18-28(25)41-30(29)19-8-11-22(34)12-9-19)24-16-20(10-13-27(24)40-2)31(38)37-33(14-15-33)21-6-4-3-5-7-21/h3-13,16-18H,14-15,35H2,1-2H3,(H,36,39)(H,37,38). The van der Waals surface area contributed by atoms with Gasteiger partial charge in [0, 0.05) is 46.4 Å². The van der Waals surface area contributed by atoms with Gasteiger partial charge in [-0.15, -0.1) is 0 Å². The number of nitrogen functional groups attached to an aromatic ring is 1. The topological polar surface area (TPSA) is 107 Å².